The molecule has 2 aromatic rings. The number of fused-ring (bicyclic) bond motifs is 1. The van der Waals surface area contributed by atoms with Crippen LogP contribution in [0.5, 0.6) is 0 Å². The third kappa shape index (κ3) is 5.05. The standard InChI is InChI=1S/C24H30N4OS/c1-6-9-17(2)28-18(3)21-10-7-8-11-22(21)26-24(28)30-16-23(29)25-19-12-14-20(15-13-19)27(4)5/h7-8,10-15,17H,3,6,9,16H2,1-2,4-5H3,(H,25,29). The summed E-state index contributed by atoms with van der Waals surface area (Å²) in [4.78, 5) is 21.6. The molecule has 1 amide bonds. The van der Waals surface area contributed by atoms with Gasteiger partial charge in [-0.1, -0.05) is 49.9 Å². The van der Waals surface area contributed by atoms with E-state index in [9.17, 15) is 4.79 Å². The van der Waals surface area contributed by atoms with Crippen molar-refractivity contribution in [2.24, 2.45) is 4.99 Å². The van der Waals surface area contributed by atoms with E-state index in [0.29, 0.717) is 5.75 Å². The number of amides is 1. The molecular formula is C24H30N4OS. The van der Waals surface area contributed by atoms with Crippen molar-refractivity contribution in [3.05, 3.63) is 60.7 Å². The molecule has 0 fully saturated rings. The van der Waals surface area contributed by atoms with Crippen molar-refractivity contribution in [3.8, 4) is 0 Å². The molecule has 0 bridgehead atoms. The number of nitrogens with one attached hydrogen (secondary N) is 1. The monoisotopic (exact) mass is 422 g/mol. The molecule has 1 N–H and O–H groups in total. The average Bonchev–Trinajstić information content (AvgIpc) is 2.73. The Morgan fingerprint density at radius 3 is 2.57 bits per heavy atom. The average molecular weight is 423 g/mol. The van der Waals surface area contributed by atoms with Crippen LogP contribution in [0.25, 0.3) is 5.70 Å². The number of amidine groups is 1. The van der Waals surface area contributed by atoms with E-state index < -0.39 is 0 Å². The molecule has 0 saturated heterocycles. The molecular weight excluding hydrogens is 392 g/mol. The largest absolute Gasteiger partial charge is 0.378 e. The summed E-state index contributed by atoms with van der Waals surface area (Å²) in [6.45, 7) is 8.70. The van der Waals surface area contributed by atoms with Gasteiger partial charge in [-0.3, -0.25) is 4.79 Å². The van der Waals surface area contributed by atoms with Crippen molar-refractivity contribution in [3.63, 3.8) is 0 Å². The van der Waals surface area contributed by atoms with Crippen LogP contribution < -0.4 is 10.2 Å². The van der Waals surface area contributed by atoms with E-state index in [2.05, 4.69) is 36.7 Å². The number of aliphatic imine (C=N–C) groups is 1. The Hall–Kier alpha value is -2.73. The third-order valence-corrected chi connectivity index (χ3v) is 6.03. The molecule has 6 heteroatoms. The van der Waals surface area contributed by atoms with Gasteiger partial charge in [-0.05, 0) is 43.7 Å². The van der Waals surface area contributed by atoms with Crippen LogP contribution in [0.3, 0.4) is 0 Å². The lowest BCUT2D eigenvalue weighted by atomic mass is 10.1. The van der Waals surface area contributed by atoms with Gasteiger partial charge in [0.05, 0.1) is 11.4 Å². The topological polar surface area (TPSA) is 47.9 Å². The molecule has 1 aliphatic rings. The minimum Gasteiger partial charge on any atom is -0.378 e. The van der Waals surface area contributed by atoms with Crippen LogP contribution in [0.4, 0.5) is 17.1 Å². The first-order valence-corrected chi connectivity index (χ1v) is 11.3. The predicted molar refractivity (Wildman–Crippen MR) is 131 cm³/mol. The summed E-state index contributed by atoms with van der Waals surface area (Å²) < 4.78 is 0. The van der Waals surface area contributed by atoms with Crippen LogP contribution in [0, 0.1) is 0 Å². The van der Waals surface area contributed by atoms with Gasteiger partial charge in [0.1, 0.15) is 0 Å². The molecule has 1 unspecified atom stereocenters. The molecule has 0 aliphatic carbocycles. The molecule has 30 heavy (non-hydrogen) atoms. The van der Waals surface area contributed by atoms with Gasteiger partial charge in [-0.2, -0.15) is 0 Å². The van der Waals surface area contributed by atoms with Crippen molar-refractivity contribution in [1.29, 1.82) is 0 Å². The van der Waals surface area contributed by atoms with Gasteiger partial charge in [0, 0.05) is 42.8 Å². The number of para-hydroxylation sites is 1. The number of benzene rings is 2. The van der Waals surface area contributed by atoms with Gasteiger partial charge in [0.25, 0.3) is 0 Å². The minimum atomic E-state index is -0.0483. The fourth-order valence-corrected chi connectivity index (χ4v) is 4.42. The molecule has 1 atom stereocenters. The van der Waals surface area contributed by atoms with Crippen LogP contribution in [0.2, 0.25) is 0 Å². The second-order valence-corrected chi connectivity index (χ2v) is 8.59. The zero-order valence-electron chi connectivity index (χ0n) is 18.2. The highest BCUT2D eigenvalue weighted by atomic mass is 32.2. The lowest BCUT2D eigenvalue weighted by molar-refractivity contribution is -0.113. The lowest BCUT2D eigenvalue weighted by Gasteiger charge is -2.36. The highest BCUT2D eigenvalue weighted by Gasteiger charge is 2.27. The maximum Gasteiger partial charge on any atom is 0.234 e. The van der Waals surface area contributed by atoms with Gasteiger partial charge in [0.15, 0.2) is 5.17 Å². The van der Waals surface area contributed by atoms with Gasteiger partial charge in [-0.25, -0.2) is 4.99 Å². The predicted octanol–water partition coefficient (Wildman–Crippen LogP) is 5.59. The first kappa shape index (κ1) is 22.0. The molecule has 1 heterocycles. The molecule has 3 rings (SSSR count). The number of carbonyl (C=O) groups excluding carboxylic acids is 1. The highest BCUT2D eigenvalue weighted by Crippen LogP contribution is 2.37. The zero-order chi connectivity index (χ0) is 21.7. The molecule has 0 aromatic heterocycles. The summed E-state index contributed by atoms with van der Waals surface area (Å²) in [6, 6.07) is 16.1. The van der Waals surface area contributed by atoms with Gasteiger partial charge < -0.3 is 15.1 Å². The van der Waals surface area contributed by atoms with Crippen molar-refractivity contribution in [2.45, 2.75) is 32.7 Å². The summed E-state index contributed by atoms with van der Waals surface area (Å²) >= 11 is 1.46. The molecule has 1 aliphatic heterocycles. The maximum absolute atomic E-state index is 12.6. The summed E-state index contributed by atoms with van der Waals surface area (Å²) in [7, 11) is 3.98. The normalized spacial score (nSPS) is 14.1. The fraction of sp³-hybridized carbons (Fsp3) is 0.333. The first-order chi connectivity index (χ1) is 14.4. The summed E-state index contributed by atoms with van der Waals surface area (Å²) in [6.07, 6.45) is 2.11. The minimum absolute atomic E-state index is 0.0483. The van der Waals surface area contributed by atoms with Crippen molar-refractivity contribution < 1.29 is 4.79 Å². The Bertz CT molecular complexity index is 936. The summed E-state index contributed by atoms with van der Waals surface area (Å²) in [5.74, 6) is 0.242. The SMILES string of the molecule is C=C1c2ccccc2N=C(SCC(=O)Nc2ccc(N(C)C)cc2)N1C(C)CCC. The van der Waals surface area contributed by atoms with E-state index in [4.69, 9.17) is 4.99 Å². The number of nitrogens with zero attached hydrogens (tertiary/aromatic N) is 3. The number of rotatable bonds is 7. The Kier molecular flexibility index (Phi) is 7.21. The van der Waals surface area contributed by atoms with Crippen molar-refractivity contribution in [1.82, 2.24) is 4.90 Å². The highest BCUT2D eigenvalue weighted by molar-refractivity contribution is 8.14. The first-order valence-electron chi connectivity index (χ1n) is 10.3. The number of anilines is 2. The third-order valence-electron chi connectivity index (χ3n) is 5.07. The molecule has 0 saturated carbocycles. The Morgan fingerprint density at radius 1 is 1.20 bits per heavy atom. The molecule has 0 spiro atoms. The van der Waals surface area contributed by atoms with E-state index in [0.717, 1.165) is 46.3 Å². The van der Waals surface area contributed by atoms with E-state index in [1.165, 1.54) is 11.8 Å². The number of thioether (sulfide) groups is 1. The summed E-state index contributed by atoms with van der Waals surface area (Å²) in [5, 5.41) is 3.80. The van der Waals surface area contributed by atoms with E-state index >= 15 is 0 Å². The summed E-state index contributed by atoms with van der Waals surface area (Å²) in [5.41, 5.74) is 4.79. The molecule has 158 valence electrons. The van der Waals surface area contributed by atoms with E-state index in [1.54, 1.807) is 0 Å². The number of hydrogen-bond acceptors (Lipinski definition) is 5. The van der Waals surface area contributed by atoms with Crippen LogP contribution in [0.1, 0.15) is 32.3 Å². The smallest absolute Gasteiger partial charge is 0.234 e. The van der Waals surface area contributed by atoms with Crippen LogP contribution in [0.15, 0.2) is 60.1 Å². The second kappa shape index (κ2) is 9.85. The second-order valence-electron chi connectivity index (χ2n) is 7.64. The van der Waals surface area contributed by atoms with Gasteiger partial charge in [-0.15, -0.1) is 0 Å². The maximum atomic E-state index is 12.6. The lowest BCUT2D eigenvalue weighted by Crippen LogP contribution is -2.37. The van der Waals surface area contributed by atoms with Crippen molar-refractivity contribution >= 4 is 45.6 Å². The quantitative estimate of drug-likeness (QED) is 0.632. The Balaban J connectivity index is 1.71. The van der Waals surface area contributed by atoms with Crippen molar-refractivity contribution in [2.75, 3.05) is 30.1 Å². The Morgan fingerprint density at radius 2 is 1.90 bits per heavy atom. The van der Waals surface area contributed by atoms with Crippen LogP contribution in [-0.2, 0) is 4.79 Å². The van der Waals surface area contributed by atoms with Crippen LogP contribution in [-0.4, -0.2) is 41.9 Å². The number of carbonyl (C=O) groups is 1. The van der Waals surface area contributed by atoms with E-state index in [-0.39, 0.29) is 11.9 Å². The molecule has 2 aromatic carbocycles. The van der Waals surface area contributed by atoms with Crippen LogP contribution >= 0.6 is 11.8 Å². The zero-order valence-corrected chi connectivity index (χ0v) is 19.0. The Labute approximate surface area is 183 Å². The van der Waals surface area contributed by atoms with Gasteiger partial charge >= 0.3 is 0 Å². The van der Waals surface area contributed by atoms with Gasteiger partial charge in [0.2, 0.25) is 5.91 Å². The fourth-order valence-electron chi connectivity index (χ4n) is 3.49. The molecule has 5 nitrogen and oxygen atoms in total. The van der Waals surface area contributed by atoms with E-state index in [1.807, 2.05) is 61.5 Å². The molecule has 0 radical (unpaired) electrons. The number of hydrogen-bond donors (Lipinski definition) is 1.